The number of carbonyl (C=O) groups excluding carboxylic acids is 5. The summed E-state index contributed by atoms with van der Waals surface area (Å²) in [5.41, 5.74) is 3.06. The molecule has 4 N–H and O–H groups in total. The number of nitrogens with zero attached hydrogens (tertiary/aromatic N) is 4. The molecule has 396 valence electrons. The second-order valence-electron chi connectivity index (χ2n) is 21.3. The molecule has 72 heavy (non-hydrogen) atoms. The molecule has 2 saturated heterocycles. The lowest BCUT2D eigenvalue weighted by Gasteiger charge is -2.34. The molecule has 16 nitrogen and oxygen atoms in total. The first-order chi connectivity index (χ1) is 34.0. The largest absolute Gasteiger partial charge is 0.444 e. The smallest absolute Gasteiger partial charge is 0.410 e. The molecule has 2 aliphatic heterocycles. The summed E-state index contributed by atoms with van der Waals surface area (Å²) in [6, 6.07) is 4.02. The van der Waals surface area contributed by atoms with Gasteiger partial charge in [0.1, 0.15) is 35.4 Å². The maximum Gasteiger partial charge on any atom is 0.410 e. The average Bonchev–Trinajstić information content (AvgIpc) is 4.13. The Hall–Kier alpha value is -5.59. The van der Waals surface area contributed by atoms with Crippen LogP contribution in [-0.4, -0.2) is 161 Å². The van der Waals surface area contributed by atoms with Gasteiger partial charge in [-0.15, -0.1) is 0 Å². The van der Waals surface area contributed by atoms with Crippen molar-refractivity contribution in [3.8, 4) is 0 Å². The average molecular weight is 1010 g/mol. The Morgan fingerprint density at radius 1 is 0.764 bits per heavy atom. The van der Waals surface area contributed by atoms with Crippen molar-refractivity contribution in [3.05, 3.63) is 71.1 Å². The van der Waals surface area contributed by atoms with Crippen molar-refractivity contribution < 1.29 is 47.0 Å². The number of rotatable bonds is 20. The number of nitrogens with one attached hydrogen (secondary N) is 4. The molecule has 18 heteroatoms. The Morgan fingerprint density at radius 2 is 1.28 bits per heavy atom. The van der Waals surface area contributed by atoms with Crippen LogP contribution < -0.4 is 10.6 Å². The Bertz CT molecular complexity index is 2560. The van der Waals surface area contributed by atoms with Crippen LogP contribution in [0.25, 0.3) is 21.8 Å². The van der Waals surface area contributed by atoms with Crippen LogP contribution in [0.2, 0.25) is 0 Å². The molecule has 10 atom stereocenters. The van der Waals surface area contributed by atoms with Crippen molar-refractivity contribution in [2.75, 3.05) is 47.9 Å². The summed E-state index contributed by atoms with van der Waals surface area (Å²) in [5, 5.41) is 7.63. The third kappa shape index (κ3) is 12.6. The van der Waals surface area contributed by atoms with E-state index in [0.29, 0.717) is 61.9 Å². The number of halogens is 2. The van der Waals surface area contributed by atoms with E-state index in [1.54, 1.807) is 65.5 Å². The van der Waals surface area contributed by atoms with Gasteiger partial charge in [-0.25, -0.2) is 13.6 Å². The van der Waals surface area contributed by atoms with Crippen molar-refractivity contribution in [2.24, 2.45) is 11.8 Å². The lowest BCUT2D eigenvalue weighted by molar-refractivity contribution is -0.142. The zero-order valence-electron chi connectivity index (χ0n) is 44.5. The summed E-state index contributed by atoms with van der Waals surface area (Å²) in [6.07, 6.45) is 5.33. The summed E-state index contributed by atoms with van der Waals surface area (Å²) in [7, 11) is 6.30. The molecular formula is C54H78F2N8O8. The van der Waals surface area contributed by atoms with E-state index in [1.807, 2.05) is 29.2 Å². The van der Waals surface area contributed by atoms with E-state index in [2.05, 4.69) is 34.4 Å². The van der Waals surface area contributed by atoms with Gasteiger partial charge < -0.3 is 44.6 Å². The third-order valence-corrected chi connectivity index (χ3v) is 15.3. The molecule has 5 amide bonds. The molecule has 0 spiro atoms. The van der Waals surface area contributed by atoms with E-state index in [0.717, 1.165) is 34.7 Å². The molecule has 6 rings (SSSR count). The number of aromatic nitrogens is 2. The number of methoxy groups -OCH3 is 2. The predicted octanol–water partition coefficient (Wildman–Crippen LogP) is 6.73. The standard InChI is InChI=1S/C54H78F2N8O8/c1-30-20-23-63(44(30)25-36-28-57-43-27-38(55)16-17-39(36)43)51(67)46(34(5)70-12)59-49(65)32(3)61(10)22-14-15-41-42(56)19-18-40-37(29-58-48(40)41)26-45-31(2)21-24-64(45)52(68)47(35(6)71-13)60-50(66)33(4)62(11)53(69)72-54(7,8)9/h16-19,27-35,44-47,57-58H,14-15,20-26H2,1-13H3,(H,59,65)(H,60,66)/t30-,31-,32-,33-,34+,35+,44+,45+,46-,47-/m0/s1. The lowest BCUT2D eigenvalue weighted by Crippen LogP contribution is -2.59. The van der Waals surface area contributed by atoms with Gasteiger partial charge in [-0.2, -0.15) is 0 Å². The van der Waals surface area contributed by atoms with E-state index in [4.69, 9.17) is 14.2 Å². The summed E-state index contributed by atoms with van der Waals surface area (Å²) < 4.78 is 46.3. The molecule has 2 aromatic heterocycles. The monoisotopic (exact) mass is 1000 g/mol. The van der Waals surface area contributed by atoms with Crippen LogP contribution in [0.5, 0.6) is 0 Å². The molecule has 2 aliphatic rings. The zero-order valence-corrected chi connectivity index (χ0v) is 44.5. The summed E-state index contributed by atoms with van der Waals surface area (Å²) >= 11 is 0. The Balaban J connectivity index is 1.08. The van der Waals surface area contributed by atoms with Crippen LogP contribution in [0.15, 0.2) is 42.7 Å². The van der Waals surface area contributed by atoms with Gasteiger partial charge in [0, 0.05) is 80.7 Å². The fourth-order valence-electron chi connectivity index (χ4n) is 10.2. The first-order valence-corrected chi connectivity index (χ1v) is 25.4. The van der Waals surface area contributed by atoms with E-state index < -0.39 is 54.0 Å². The van der Waals surface area contributed by atoms with Gasteiger partial charge in [0.2, 0.25) is 23.6 Å². The van der Waals surface area contributed by atoms with Gasteiger partial charge in [-0.05, 0) is 154 Å². The molecule has 0 saturated carbocycles. The van der Waals surface area contributed by atoms with Gasteiger partial charge in [0.25, 0.3) is 0 Å². The fourth-order valence-corrected chi connectivity index (χ4v) is 10.2. The van der Waals surface area contributed by atoms with E-state index in [1.165, 1.54) is 44.4 Å². The molecular weight excluding hydrogens is 927 g/mol. The normalized spacial score (nSPS) is 20.9. The number of likely N-dealkylation sites (tertiary alicyclic amines) is 2. The second kappa shape index (κ2) is 23.5. The maximum absolute atomic E-state index is 15.7. The lowest BCUT2D eigenvalue weighted by atomic mass is 9.94. The minimum atomic E-state index is -1.03. The van der Waals surface area contributed by atoms with Crippen LogP contribution >= 0.6 is 0 Å². The predicted molar refractivity (Wildman–Crippen MR) is 273 cm³/mol. The number of likely N-dealkylation sites (N-methyl/N-ethyl adjacent to an activating group) is 2. The number of fused-ring (bicyclic) bond motifs is 2. The number of benzene rings is 2. The highest BCUT2D eigenvalue weighted by molar-refractivity contribution is 5.93. The van der Waals surface area contributed by atoms with Crippen molar-refractivity contribution in [1.29, 1.82) is 0 Å². The van der Waals surface area contributed by atoms with Gasteiger partial charge in [0.05, 0.1) is 23.8 Å². The van der Waals surface area contributed by atoms with Gasteiger partial charge in [-0.1, -0.05) is 13.8 Å². The minimum Gasteiger partial charge on any atom is -0.444 e. The quantitative estimate of drug-likeness (QED) is 0.0747. The number of hydrogen-bond acceptors (Lipinski definition) is 9. The van der Waals surface area contributed by atoms with Crippen LogP contribution in [0.3, 0.4) is 0 Å². The first-order valence-electron chi connectivity index (χ1n) is 25.4. The highest BCUT2D eigenvalue weighted by Gasteiger charge is 2.43. The van der Waals surface area contributed by atoms with Gasteiger partial charge in [0.15, 0.2) is 0 Å². The minimum absolute atomic E-state index is 0.122. The molecule has 0 radical (unpaired) electrons. The molecule has 0 aliphatic carbocycles. The van der Waals surface area contributed by atoms with Crippen molar-refractivity contribution in [3.63, 3.8) is 0 Å². The molecule has 4 heterocycles. The number of aromatic amines is 2. The number of ether oxygens (including phenoxy) is 3. The van der Waals surface area contributed by atoms with E-state index >= 15 is 4.39 Å². The van der Waals surface area contributed by atoms with E-state index in [9.17, 15) is 28.4 Å². The van der Waals surface area contributed by atoms with Crippen LogP contribution in [-0.2, 0) is 52.7 Å². The summed E-state index contributed by atoms with van der Waals surface area (Å²) in [6.45, 7) is 17.8. The summed E-state index contributed by atoms with van der Waals surface area (Å²) in [4.78, 5) is 82.2. The zero-order chi connectivity index (χ0) is 52.9. The fraction of sp³-hybridized carbons (Fsp3) is 0.611. The number of H-pyrrole nitrogens is 2. The molecule has 0 bridgehead atoms. The third-order valence-electron chi connectivity index (χ3n) is 15.3. The maximum atomic E-state index is 15.7. The Labute approximate surface area is 423 Å². The highest BCUT2D eigenvalue weighted by Crippen LogP contribution is 2.34. The molecule has 2 fully saturated rings. The molecule has 0 unspecified atom stereocenters. The number of hydrogen-bond donors (Lipinski definition) is 4. The second-order valence-corrected chi connectivity index (χ2v) is 21.3. The topological polar surface area (TPSA) is 182 Å². The Morgan fingerprint density at radius 3 is 1.82 bits per heavy atom. The molecule has 2 aromatic carbocycles. The molecule has 4 aromatic rings. The Kier molecular flexibility index (Phi) is 18.2. The number of amides is 5. The van der Waals surface area contributed by atoms with Gasteiger partial charge in [-0.3, -0.25) is 29.0 Å². The van der Waals surface area contributed by atoms with Crippen molar-refractivity contribution in [1.82, 2.24) is 40.2 Å². The van der Waals surface area contributed by atoms with Crippen LogP contribution in [0.1, 0.15) is 98.3 Å². The van der Waals surface area contributed by atoms with Crippen molar-refractivity contribution in [2.45, 2.75) is 155 Å². The number of aryl methyl sites for hydroxylation is 1. The van der Waals surface area contributed by atoms with Crippen molar-refractivity contribution >= 4 is 51.5 Å². The van der Waals surface area contributed by atoms with Gasteiger partial charge >= 0.3 is 6.09 Å². The highest BCUT2D eigenvalue weighted by atomic mass is 19.1. The SMILES string of the molecule is CO[C@H](C)[C@H](NC(=O)[C@H](C)N(C)CCCc1c(F)ccc2c(C[C@@H]3[C@@H](C)CCN3C(=O)[C@@H](NC(=O)[C@H](C)N(C)C(=O)OC(C)(C)C)[C@@H](C)OC)c[nH]c12)C(=O)N1CC[C@H](C)[C@H]1Cc1c[nH]c2cc(F)ccc12. The first kappa shape index (κ1) is 55.7. The number of carbonyl (C=O) groups is 5. The van der Waals surface area contributed by atoms with E-state index in [-0.39, 0.29) is 53.3 Å². The van der Waals surface area contributed by atoms with Crippen LogP contribution in [0, 0.1) is 23.5 Å². The summed E-state index contributed by atoms with van der Waals surface area (Å²) in [5.74, 6) is -1.71. The van der Waals surface area contributed by atoms with Crippen LogP contribution in [0.4, 0.5) is 13.6 Å².